The van der Waals surface area contributed by atoms with E-state index in [0.29, 0.717) is 0 Å². The van der Waals surface area contributed by atoms with Crippen LogP contribution in [0.2, 0.25) is 0 Å². The first-order chi connectivity index (χ1) is 5.88. The molecule has 1 aliphatic carbocycles. The van der Waals surface area contributed by atoms with Crippen molar-refractivity contribution in [2.75, 3.05) is 0 Å². The first kappa shape index (κ1) is 8.56. The van der Waals surface area contributed by atoms with Crippen LogP contribution in [0.5, 0.6) is 0 Å². The number of rotatable bonds is 1. The second kappa shape index (κ2) is 4.36. The van der Waals surface area contributed by atoms with Crippen LogP contribution >= 0.6 is 0 Å². The zero-order valence-corrected chi connectivity index (χ0v) is 6.77. The molecule has 0 aromatic carbocycles. The molecule has 0 amide bonds. The quantitative estimate of drug-likeness (QED) is 0.433. The summed E-state index contributed by atoms with van der Waals surface area (Å²) in [6, 6.07) is 4.16. The number of allylic oxidation sites excluding steroid dienone is 4. The van der Waals surface area contributed by atoms with Crippen molar-refractivity contribution in [2.45, 2.75) is 12.8 Å². The molecule has 2 atom stereocenters. The summed E-state index contributed by atoms with van der Waals surface area (Å²) in [5, 5.41) is 17.1. The van der Waals surface area contributed by atoms with Crippen molar-refractivity contribution >= 4 is 0 Å². The summed E-state index contributed by atoms with van der Waals surface area (Å²) in [5.74, 6) is 0.197. The first-order valence-electron chi connectivity index (χ1n) is 4.01. The van der Waals surface area contributed by atoms with Crippen molar-refractivity contribution in [3.8, 4) is 12.1 Å². The average molecular weight is 158 g/mol. The molecule has 0 heterocycles. The summed E-state index contributed by atoms with van der Waals surface area (Å²) >= 11 is 0. The van der Waals surface area contributed by atoms with Gasteiger partial charge in [-0.2, -0.15) is 10.5 Å². The summed E-state index contributed by atoms with van der Waals surface area (Å²) in [6.45, 7) is 0. The molecule has 12 heavy (non-hydrogen) atoms. The van der Waals surface area contributed by atoms with Gasteiger partial charge in [0.25, 0.3) is 0 Å². The third-order valence-corrected chi connectivity index (χ3v) is 2.04. The molecule has 1 aliphatic rings. The largest absolute Gasteiger partial charge is 0.198 e. The van der Waals surface area contributed by atoms with Crippen molar-refractivity contribution in [1.82, 2.24) is 0 Å². The predicted molar refractivity (Wildman–Crippen MR) is 45.7 cm³/mol. The number of nitriles is 2. The molecule has 0 saturated heterocycles. The van der Waals surface area contributed by atoms with Gasteiger partial charge in [-0.05, 0) is 18.8 Å². The van der Waals surface area contributed by atoms with Gasteiger partial charge in [0.15, 0.2) is 0 Å². The molecular weight excluding hydrogens is 148 g/mol. The molecule has 2 nitrogen and oxygen atoms in total. The van der Waals surface area contributed by atoms with Gasteiger partial charge < -0.3 is 0 Å². The van der Waals surface area contributed by atoms with Gasteiger partial charge in [0, 0.05) is 6.08 Å². The van der Waals surface area contributed by atoms with E-state index in [1.54, 1.807) is 0 Å². The van der Waals surface area contributed by atoms with Crippen LogP contribution in [0.15, 0.2) is 24.3 Å². The summed E-state index contributed by atoms with van der Waals surface area (Å²) in [7, 11) is 0. The minimum absolute atomic E-state index is 0.0386. The summed E-state index contributed by atoms with van der Waals surface area (Å²) in [5.41, 5.74) is 0. The van der Waals surface area contributed by atoms with Crippen LogP contribution in [0, 0.1) is 34.5 Å². The van der Waals surface area contributed by atoms with Gasteiger partial charge in [-0.3, -0.25) is 0 Å². The molecular formula is C10H10N2. The third-order valence-electron chi connectivity index (χ3n) is 2.04. The van der Waals surface area contributed by atoms with E-state index in [1.807, 2.05) is 24.3 Å². The van der Waals surface area contributed by atoms with Crippen molar-refractivity contribution in [3.05, 3.63) is 24.3 Å². The smallest absolute Gasteiger partial charge is 0.0908 e. The van der Waals surface area contributed by atoms with Gasteiger partial charge in [0.1, 0.15) is 0 Å². The summed E-state index contributed by atoms with van der Waals surface area (Å²) in [6.07, 6.45) is 9.25. The lowest BCUT2D eigenvalue weighted by atomic mass is 9.85. The van der Waals surface area contributed by atoms with Gasteiger partial charge in [0.2, 0.25) is 0 Å². The van der Waals surface area contributed by atoms with Gasteiger partial charge in [-0.15, -0.1) is 0 Å². The molecule has 0 saturated carbocycles. The van der Waals surface area contributed by atoms with Gasteiger partial charge >= 0.3 is 0 Å². The SMILES string of the molecule is N#C/C=C\[C@H]1CCC=C[C@@H]1C#N. The van der Waals surface area contributed by atoms with Crippen LogP contribution in [0.4, 0.5) is 0 Å². The van der Waals surface area contributed by atoms with Gasteiger partial charge in [-0.25, -0.2) is 0 Å². The fourth-order valence-electron chi connectivity index (χ4n) is 1.38. The molecule has 0 aromatic heterocycles. The number of hydrogen-bond donors (Lipinski definition) is 0. The molecule has 0 aliphatic heterocycles. The maximum atomic E-state index is 8.74. The van der Waals surface area contributed by atoms with E-state index in [2.05, 4.69) is 6.07 Å². The second-order valence-electron chi connectivity index (χ2n) is 2.81. The Morgan fingerprint density at radius 3 is 2.92 bits per heavy atom. The van der Waals surface area contributed by atoms with Crippen LogP contribution in [-0.4, -0.2) is 0 Å². The molecule has 0 radical (unpaired) electrons. The maximum Gasteiger partial charge on any atom is 0.0908 e. The van der Waals surface area contributed by atoms with Crippen LogP contribution in [-0.2, 0) is 0 Å². The lowest BCUT2D eigenvalue weighted by molar-refractivity contribution is 0.504. The number of hydrogen-bond acceptors (Lipinski definition) is 2. The monoisotopic (exact) mass is 158 g/mol. The van der Waals surface area contributed by atoms with E-state index in [-0.39, 0.29) is 11.8 Å². The molecule has 0 bridgehead atoms. The van der Waals surface area contributed by atoms with E-state index in [4.69, 9.17) is 10.5 Å². The Morgan fingerprint density at radius 2 is 2.25 bits per heavy atom. The molecule has 0 N–H and O–H groups in total. The first-order valence-corrected chi connectivity index (χ1v) is 4.01. The van der Waals surface area contributed by atoms with E-state index in [0.717, 1.165) is 12.8 Å². The molecule has 1 rings (SSSR count). The van der Waals surface area contributed by atoms with E-state index in [9.17, 15) is 0 Å². The summed E-state index contributed by atoms with van der Waals surface area (Å²) in [4.78, 5) is 0. The fourth-order valence-corrected chi connectivity index (χ4v) is 1.38. The minimum Gasteiger partial charge on any atom is -0.198 e. The van der Waals surface area contributed by atoms with Crippen molar-refractivity contribution in [1.29, 1.82) is 10.5 Å². The molecule has 0 unspecified atom stereocenters. The average Bonchev–Trinajstić information content (AvgIpc) is 2.15. The van der Waals surface area contributed by atoms with Crippen LogP contribution in [0.3, 0.4) is 0 Å². The highest BCUT2D eigenvalue weighted by Gasteiger charge is 2.17. The highest BCUT2D eigenvalue weighted by molar-refractivity contribution is 5.14. The van der Waals surface area contributed by atoms with Gasteiger partial charge in [0.05, 0.1) is 18.1 Å². The molecule has 0 aromatic rings. The topological polar surface area (TPSA) is 47.6 Å². The zero-order chi connectivity index (χ0) is 8.81. The minimum atomic E-state index is -0.0386. The van der Waals surface area contributed by atoms with Crippen molar-refractivity contribution in [3.63, 3.8) is 0 Å². The Balaban J connectivity index is 2.65. The third kappa shape index (κ3) is 1.97. The fraction of sp³-hybridized carbons (Fsp3) is 0.400. The van der Waals surface area contributed by atoms with Crippen LogP contribution in [0.1, 0.15) is 12.8 Å². The Hall–Kier alpha value is -1.54. The Bertz CT molecular complexity index is 275. The molecule has 0 spiro atoms. The van der Waals surface area contributed by atoms with Crippen LogP contribution < -0.4 is 0 Å². The lowest BCUT2D eigenvalue weighted by Crippen LogP contribution is -2.11. The Morgan fingerprint density at radius 1 is 1.42 bits per heavy atom. The highest BCUT2D eigenvalue weighted by atomic mass is 14.3. The zero-order valence-electron chi connectivity index (χ0n) is 6.77. The predicted octanol–water partition coefficient (Wildman–Crippen LogP) is 2.17. The molecule has 2 heteroatoms. The second-order valence-corrected chi connectivity index (χ2v) is 2.81. The number of nitrogens with zero attached hydrogens (tertiary/aromatic N) is 2. The molecule has 60 valence electrons. The van der Waals surface area contributed by atoms with Gasteiger partial charge in [-0.1, -0.05) is 18.2 Å². The van der Waals surface area contributed by atoms with Crippen molar-refractivity contribution < 1.29 is 0 Å². The Labute approximate surface area is 72.4 Å². The van der Waals surface area contributed by atoms with E-state index >= 15 is 0 Å². The van der Waals surface area contributed by atoms with E-state index < -0.39 is 0 Å². The molecule has 0 fully saturated rings. The standard InChI is InChI=1S/C10H10N2/c11-7-3-6-9-4-1-2-5-10(9)8-12/h2-3,5-6,9-10H,1,4H2/b6-3-/t9-,10-/m1/s1. The maximum absolute atomic E-state index is 8.74. The van der Waals surface area contributed by atoms with Crippen molar-refractivity contribution in [2.24, 2.45) is 11.8 Å². The lowest BCUT2D eigenvalue weighted by Gasteiger charge is -2.18. The van der Waals surface area contributed by atoms with E-state index in [1.165, 1.54) is 6.08 Å². The highest BCUT2D eigenvalue weighted by Crippen LogP contribution is 2.24. The van der Waals surface area contributed by atoms with Crippen LogP contribution in [0.25, 0.3) is 0 Å². The summed E-state index contributed by atoms with van der Waals surface area (Å²) < 4.78 is 0. The Kier molecular flexibility index (Phi) is 3.11. The normalized spacial score (nSPS) is 28.2.